The third-order valence-electron chi connectivity index (χ3n) is 2.69. The number of likely N-dealkylation sites (N-methyl/N-ethyl adjacent to an activating group) is 1. The van der Waals surface area contributed by atoms with Crippen LogP contribution in [0.4, 0.5) is 4.39 Å². The minimum atomic E-state index is -0.179. The molecule has 0 fully saturated rings. The van der Waals surface area contributed by atoms with Crippen molar-refractivity contribution in [3.8, 4) is 0 Å². The highest BCUT2D eigenvalue weighted by Gasteiger charge is 2.13. The number of benzene rings is 1. The van der Waals surface area contributed by atoms with Crippen LogP contribution in [0.5, 0.6) is 0 Å². The van der Waals surface area contributed by atoms with Gasteiger partial charge < -0.3 is 5.32 Å². The Morgan fingerprint density at radius 3 is 2.76 bits per heavy atom. The predicted octanol–water partition coefficient (Wildman–Crippen LogP) is 2.12. The van der Waals surface area contributed by atoms with E-state index in [4.69, 9.17) is 0 Å². The Bertz CT molecular complexity index is 473. The lowest BCUT2D eigenvalue weighted by molar-refractivity contribution is 0.544. The van der Waals surface area contributed by atoms with Crippen LogP contribution in [-0.2, 0) is 6.42 Å². The van der Waals surface area contributed by atoms with Crippen LogP contribution in [0, 0.1) is 5.82 Å². The van der Waals surface area contributed by atoms with Gasteiger partial charge in [-0.15, -0.1) is 0 Å². The molecular weight excluding hydrogens is 217 g/mol. The summed E-state index contributed by atoms with van der Waals surface area (Å²) in [6, 6.07) is 8.63. The first kappa shape index (κ1) is 11.7. The Balaban J connectivity index is 2.19. The molecule has 1 N–H and O–H groups in total. The molecule has 1 atom stereocenters. The van der Waals surface area contributed by atoms with E-state index in [1.54, 1.807) is 18.3 Å². The highest BCUT2D eigenvalue weighted by atomic mass is 19.1. The number of hydrogen-bond acceptors (Lipinski definition) is 3. The number of hydrogen-bond donors (Lipinski definition) is 1. The first-order chi connectivity index (χ1) is 8.31. The largest absolute Gasteiger partial charge is 0.311 e. The van der Waals surface area contributed by atoms with Crippen molar-refractivity contribution < 1.29 is 4.39 Å². The van der Waals surface area contributed by atoms with E-state index in [1.165, 1.54) is 12.4 Å². The molecule has 0 bridgehead atoms. The van der Waals surface area contributed by atoms with E-state index in [0.717, 1.165) is 5.69 Å². The number of aromatic nitrogens is 2. The molecule has 0 radical (unpaired) electrons. The summed E-state index contributed by atoms with van der Waals surface area (Å²) < 4.78 is 13.5. The minimum absolute atomic E-state index is 0.00472. The van der Waals surface area contributed by atoms with Gasteiger partial charge in [0.1, 0.15) is 12.1 Å². The van der Waals surface area contributed by atoms with Crippen molar-refractivity contribution in [1.29, 1.82) is 0 Å². The van der Waals surface area contributed by atoms with E-state index in [0.29, 0.717) is 12.0 Å². The summed E-state index contributed by atoms with van der Waals surface area (Å²) in [5.41, 5.74) is 1.55. The van der Waals surface area contributed by atoms with E-state index < -0.39 is 0 Å². The molecule has 0 saturated carbocycles. The van der Waals surface area contributed by atoms with Crippen molar-refractivity contribution in [3.05, 3.63) is 59.9 Å². The Hall–Kier alpha value is -1.81. The molecule has 0 spiro atoms. The summed E-state index contributed by atoms with van der Waals surface area (Å²) in [5.74, 6) is -0.179. The van der Waals surface area contributed by atoms with Crippen LogP contribution in [0.25, 0.3) is 0 Å². The maximum absolute atomic E-state index is 13.5. The van der Waals surface area contributed by atoms with Crippen LogP contribution >= 0.6 is 0 Å². The molecule has 1 aromatic heterocycles. The van der Waals surface area contributed by atoms with Gasteiger partial charge in [0.05, 0.1) is 11.7 Å². The summed E-state index contributed by atoms with van der Waals surface area (Å²) in [4.78, 5) is 8.05. The predicted molar refractivity (Wildman–Crippen MR) is 63.9 cm³/mol. The molecule has 1 unspecified atom stereocenters. The van der Waals surface area contributed by atoms with E-state index in [1.807, 2.05) is 19.2 Å². The van der Waals surface area contributed by atoms with Gasteiger partial charge in [0.25, 0.3) is 0 Å². The second kappa shape index (κ2) is 5.50. The number of nitrogens with zero attached hydrogens (tertiary/aromatic N) is 2. The summed E-state index contributed by atoms with van der Waals surface area (Å²) >= 11 is 0. The monoisotopic (exact) mass is 231 g/mol. The molecule has 2 rings (SSSR count). The molecule has 0 aliphatic carbocycles. The molecule has 1 aromatic carbocycles. The third-order valence-corrected chi connectivity index (χ3v) is 2.69. The zero-order valence-electron chi connectivity index (χ0n) is 9.60. The highest BCUT2D eigenvalue weighted by Crippen LogP contribution is 2.17. The summed E-state index contributed by atoms with van der Waals surface area (Å²) in [6.45, 7) is 0. The van der Waals surface area contributed by atoms with Gasteiger partial charge in [0.15, 0.2) is 0 Å². The summed E-state index contributed by atoms with van der Waals surface area (Å²) in [6.07, 6.45) is 3.76. The van der Waals surface area contributed by atoms with Crippen molar-refractivity contribution in [2.45, 2.75) is 12.5 Å². The second-order valence-corrected chi connectivity index (χ2v) is 3.77. The molecule has 1 heterocycles. The normalized spacial score (nSPS) is 12.4. The van der Waals surface area contributed by atoms with Crippen LogP contribution in [0.3, 0.4) is 0 Å². The molecule has 0 saturated heterocycles. The average molecular weight is 231 g/mol. The van der Waals surface area contributed by atoms with Crippen LogP contribution in [0.15, 0.2) is 42.9 Å². The molecule has 0 aliphatic rings. The Morgan fingerprint density at radius 1 is 1.29 bits per heavy atom. The Kier molecular flexibility index (Phi) is 3.77. The zero-order valence-corrected chi connectivity index (χ0v) is 9.60. The number of nitrogens with one attached hydrogen (secondary N) is 1. The van der Waals surface area contributed by atoms with E-state index >= 15 is 0 Å². The fourth-order valence-corrected chi connectivity index (χ4v) is 1.75. The molecule has 2 aromatic rings. The van der Waals surface area contributed by atoms with E-state index in [2.05, 4.69) is 15.3 Å². The van der Waals surface area contributed by atoms with E-state index in [9.17, 15) is 4.39 Å². The molecule has 17 heavy (non-hydrogen) atoms. The molecule has 3 nitrogen and oxygen atoms in total. The van der Waals surface area contributed by atoms with Crippen LogP contribution in [0.2, 0.25) is 0 Å². The first-order valence-corrected chi connectivity index (χ1v) is 5.48. The first-order valence-electron chi connectivity index (χ1n) is 5.48. The standard InChI is InChI=1S/C13H14FN3/c1-15-13(12-6-7-16-9-17-12)8-10-4-2-3-5-11(10)14/h2-7,9,13,15H,8H2,1H3. The van der Waals surface area contributed by atoms with Gasteiger partial charge in [-0.1, -0.05) is 18.2 Å². The number of rotatable bonds is 4. The van der Waals surface area contributed by atoms with Gasteiger partial charge in [0.2, 0.25) is 0 Å². The lowest BCUT2D eigenvalue weighted by Crippen LogP contribution is -2.20. The minimum Gasteiger partial charge on any atom is -0.311 e. The van der Waals surface area contributed by atoms with Gasteiger partial charge >= 0.3 is 0 Å². The molecule has 0 aliphatic heterocycles. The topological polar surface area (TPSA) is 37.8 Å². The van der Waals surface area contributed by atoms with Crippen molar-refractivity contribution in [2.24, 2.45) is 0 Å². The average Bonchev–Trinajstić information content (AvgIpc) is 2.39. The quantitative estimate of drug-likeness (QED) is 0.875. The lowest BCUT2D eigenvalue weighted by Gasteiger charge is -2.15. The van der Waals surface area contributed by atoms with Gasteiger partial charge in [0, 0.05) is 6.20 Å². The van der Waals surface area contributed by atoms with Crippen molar-refractivity contribution in [1.82, 2.24) is 15.3 Å². The van der Waals surface area contributed by atoms with Gasteiger partial charge in [-0.3, -0.25) is 0 Å². The van der Waals surface area contributed by atoms with E-state index in [-0.39, 0.29) is 11.9 Å². The fourth-order valence-electron chi connectivity index (χ4n) is 1.75. The fraction of sp³-hybridized carbons (Fsp3) is 0.231. The molecular formula is C13H14FN3. The third kappa shape index (κ3) is 2.85. The molecule has 4 heteroatoms. The number of halogens is 1. The SMILES string of the molecule is CNC(Cc1ccccc1F)c1ccncn1. The van der Waals surface area contributed by atoms with Crippen molar-refractivity contribution >= 4 is 0 Å². The Labute approximate surface area is 99.7 Å². The summed E-state index contributed by atoms with van der Waals surface area (Å²) in [7, 11) is 1.84. The zero-order chi connectivity index (χ0) is 12.1. The summed E-state index contributed by atoms with van der Waals surface area (Å²) in [5, 5.41) is 3.14. The lowest BCUT2D eigenvalue weighted by atomic mass is 10.0. The van der Waals surface area contributed by atoms with Gasteiger partial charge in [-0.25, -0.2) is 14.4 Å². The van der Waals surface area contributed by atoms with Crippen LogP contribution in [0.1, 0.15) is 17.3 Å². The van der Waals surface area contributed by atoms with Crippen LogP contribution in [-0.4, -0.2) is 17.0 Å². The molecule has 0 amide bonds. The van der Waals surface area contributed by atoms with Crippen molar-refractivity contribution in [3.63, 3.8) is 0 Å². The van der Waals surface area contributed by atoms with Gasteiger partial charge in [-0.05, 0) is 31.2 Å². The smallest absolute Gasteiger partial charge is 0.126 e. The Morgan fingerprint density at radius 2 is 2.12 bits per heavy atom. The van der Waals surface area contributed by atoms with Crippen molar-refractivity contribution in [2.75, 3.05) is 7.05 Å². The maximum Gasteiger partial charge on any atom is 0.126 e. The van der Waals surface area contributed by atoms with Gasteiger partial charge in [-0.2, -0.15) is 0 Å². The van der Waals surface area contributed by atoms with Crippen LogP contribution < -0.4 is 5.32 Å². The second-order valence-electron chi connectivity index (χ2n) is 3.77. The molecule has 88 valence electrons. The maximum atomic E-state index is 13.5. The highest BCUT2D eigenvalue weighted by molar-refractivity contribution is 5.20.